The maximum absolute atomic E-state index is 11.9. The average molecular weight is 268 g/mol. The monoisotopic (exact) mass is 268 g/mol. The van der Waals surface area contributed by atoms with Crippen LogP contribution < -0.4 is 11.1 Å². The van der Waals surface area contributed by atoms with Gasteiger partial charge in [-0.15, -0.1) is 0 Å². The minimum Gasteiger partial charge on any atom is -0.375 e. The van der Waals surface area contributed by atoms with Gasteiger partial charge in [-0.2, -0.15) is 0 Å². The third kappa shape index (κ3) is 3.43. The van der Waals surface area contributed by atoms with Crippen molar-refractivity contribution in [3.63, 3.8) is 0 Å². The smallest absolute Gasteiger partial charge is 0.263 e. The standard InChI is InChI=1S/C12H20N4OS/c1-9-10(18-12(13)15-9)11(17)14-5-4-8-16-6-2-3-7-16/h2-8H2,1H3,(H2,13,15)(H,14,17). The molecule has 1 aliphatic heterocycles. The topological polar surface area (TPSA) is 71.2 Å². The summed E-state index contributed by atoms with van der Waals surface area (Å²) in [5, 5.41) is 3.38. The van der Waals surface area contributed by atoms with Gasteiger partial charge in [-0.05, 0) is 45.8 Å². The molecule has 5 nitrogen and oxygen atoms in total. The number of hydrogen-bond acceptors (Lipinski definition) is 5. The minimum absolute atomic E-state index is 0.0527. The molecule has 0 aliphatic carbocycles. The zero-order valence-corrected chi connectivity index (χ0v) is 11.6. The van der Waals surface area contributed by atoms with E-state index >= 15 is 0 Å². The Morgan fingerprint density at radius 3 is 2.83 bits per heavy atom. The molecule has 0 bridgehead atoms. The molecule has 1 amide bonds. The Morgan fingerprint density at radius 2 is 2.22 bits per heavy atom. The molecule has 0 aromatic carbocycles. The fraction of sp³-hybridized carbons (Fsp3) is 0.667. The molecule has 1 aromatic rings. The molecule has 3 N–H and O–H groups in total. The van der Waals surface area contributed by atoms with Crippen molar-refractivity contribution < 1.29 is 4.79 Å². The van der Waals surface area contributed by atoms with Crippen molar-refractivity contribution in [1.29, 1.82) is 0 Å². The van der Waals surface area contributed by atoms with Gasteiger partial charge < -0.3 is 16.0 Å². The van der Waals surface area contributed by atoms with Gasteiger partial charge in [0.25, 0.3) is 5.91 Å². The van der Waals surface area contributed by atoms with Gasteiger partial charge in [0.2, 0.25) is 0 Å². The van der Waals surface area contributed by atoms with Crippen molar-refractivity contribution in [2.24, 2.45) is 0 Å². The molecule has 0 saturated carbocycles. The number of aryl methyl sites for hydroxylation is 1. The highest BCUT2D eigenvalue weighted by Crippen LogP contribution is 2.19. The van der Waals surface area contributed by atoms with Crippen molar-refractivity contribution in [1.82, 2.24) is 15.2 Å². The second-order valence-electron chi connectivity index (χ2n) is 4.62. The lowest BCUT2D eigenvalue weighted by Gasteiger charge is -2.14. The van der Waals surface area contributed by atoms with Gasteiger partial charge in [-0.1, -0.05) is 11.3 Å². The van der Waals surface area contributed by atoms with Gasteiger partial charge >= 0.3 is 0 Å². The van der Waals surface area contributed by atoms with Crippen LogP contribution in [0.3, 0.4) is 0 Å². The van der Waals surface area contributed by atoms with Crippen molar-refractivity contribution in [2.75, 3.05) is 31.9 Å². The second kappa shape index (κ2) is 6.15. The minimum atomic E-state index is -0.0527. The average Bonchev–Trinajstić information content (AvgIpc) is 2.94. The fourth-order valence-electron chi connectivity index (χ4n) is 2.22. The molecule has 2 rings (SSSR count). The van der Waals surface area contributed by atoms with Crippen LogP contribution in [0.15, 0.2) is 0 Å². The number of nitrogens with two attached hydrogens (primary N) is 1. The number of hydrogen-bond donors (Lipinski definition) is 2. The summed E-state index contributed by atoms with van der Waals surface area (Å²) in [6.45, 7) is 6.01. The molecule has 0 unspecified atom stereocenters. The number of nitrogens with zero attached hydrogens (tertiary/aromatic N) is 2. The lowest BCUT2D eigenvalue weighted by molar-refractivity contribution is 0.0955. The highest BCUT2D eigenvalue weighted by Gasteiger charge is 2.14. The number of likely N-dealkylation sites (tertiary alicyclic amines) is 1. The van der Waals surface area contributed by atoms with Crippen molar-refractivity contribution in [3.8, 4) is 0 Å². The molecule has 1 aromatic heterocycles. The summed E-state index contributed by atoms with van der Waals surface area (Å²) in [7, 11) is 0. The third-order valence-electron chi connectivity index (χ3n) is 3.15. The van der Waals surface area contributed by atoms with Gasteiger partial charge in [-0.3, -0.25) is 4.79 Å². The number of nitrogens with one attached hydrogen (secondary N) is 1. The Kier molecular flexibility index (Phi) is 4.54. The molecule has 18 heavy (non-hydrogen) atoms. The lowest BCUT2D eigenvalue weighted by atomic mass is 10.3. The first-order chi connectivity index (χ1) is 8.66. The summed E-state index contributed by atoms with van der Waals surface area (Å²) in [6, 6.07) is 0. The largest absolute Gasteiger partial charge is 0.375 e. The van der Waals surface area contributed by atoms with Crippen LogP contribution in [0.1, 0.15) is 34.6 Å². The lowest BCUT2D eigenvalue weighted by Crippen LogP contribution is -2.28. The Balaban J connectivity index is 1.70. The van der Waals surface area contributed by atoms with Crippen LogP contribution in [0.2, 0.25) is 0 Å². The van der Waals surface area contributed by atoms with Crippen LogP contribution in [0.5, 0.6) is 0 Å². The molecule has 100 valence electrons. The molecule has 6 heteroatoms. The molecule has 0 radical (unpaired) electrons. The predicted molar refractivity (Wildman–Crippen MR) is 73.9 cm³/mol. The van der Waals surface area contributed by atoms with Gasteiger partial charge in [0, 0.05) is 6.54 Å². The molecular weight excluding hydrogens is 248 g/mol. The summed E-state index contributed by atoms with van der Waals surface area (Å²) < 4.78 is 0. The van der Waals surface area contributed by atoms with Gasteiger partial charge in [0.05, 0.1) is 5.69 Å². The molecule has 1 aliphatic rings. The van der Waals surface area contributed by atoms with Crippen molar-refractivity contribution in [3.05, 3.63) is 10.6 Å². The Morgan fingerprint density at radius 1 is 1.50 bits per heavy atom. The zero-order chi connectivity index (χ0) is 13.0. The van der Waals surface area contributed by atoms with E-state index in [0.29, 0.717) is 16.6 Å². The fourth-order valence-corrected chi connectivity index (χ4v) is 2.97. The van der Waals surface area contributed by atoms with E-state index < -0.39 is 0 Å². The number of rotatable bonds is 5. The predicted octanol–water partition coefficient (Wildman–Crippen LogP) is 1.25. The van der Waals surface area contributed by atoms with E-state index in [2.05, 4.69) is 15.2 Å². The first-order valence-electron chi connectivity index (χ1n) is 6.40. The number of thiazole rings is 1. The first kappa shape index (κ1) is 13.3. The van der Waals surface area contributed by atoms with E-state index in [1.165, 1.54) is 37.3 Å². The number of aromatic nitrogens is 1. The van der Waals surface area contributed by atoms with E-state index in [9.17, 15) is 4.79 Å². The zero-order valence-electron chi connectivity index (χ0n) is 10.7. The molecule has 1 fully saturated rings. The van der Waals surface area contributed by atoms with Crippen molar-refractivity contribution >= 4 is 22.4 Å². The maximum atomic E-state index is 11.9. The van der Waals surface area contributed by atoms with Crippen LogP contribution >= 0.6 is 11.3 Å². The van der Waals surface area contributed by atoms with Crippen LogP contribution in [-0.4, -0.2) is 42.0 Å². The molecular formula is C12H20N4OS. The quantitative estimate of drug-likeness (QED) is 0.788. The SMILES string of the molecule is Cc1nc(N)sc1C(=O)NCCCN1CCCC1. The van der Waals surface area contributed by atoms with E-state index in [1.54, 1.807) is 0 Å². The number of carbonyl (C=O) groups is 1. The number of anilines is 1. The normalized spacial score (nSPS) is 16.1. The Labute approximate surface area is 111 Å². The summed E-state index contributed by atoms with van der Waals surface area (Å²) in [5.74, 6) is -0.0527. The van der Waals surface area contributed by atoms with Crippen LogP contribution in [0, 0.1) is 6.92 Å². The van der Waals surface area contributed by atoms with Crippen molar-refractivity contribution in [2.45, 2.75) is 26.2 Å². The number of carbonyl (C=O) groups excluding carboxylic acids is 1. The van der Waals surface area contributed by atoms with Crippen LogP contribution in [-0.2, 0) is 0 Å². The Bertz CT molecular complexity index is 412. The first-order valence-corrected chi connectivity index (χ1v) is 7.22. The Hall–Kier alpha value is -1.14. The highest BCUT2D eigenvalue weighted by atomic mass is 32.1. The van der Waals surface area contributed by atoms with Gasteiger partial charge in [0.15, 0.2) is 5.13 Å². The summed E-state index contributed by atoms with van der Waals surface area (Å²) in [4.78, 5) is 19.0. The summed E-state index contributed by atoms with van der Waals surface area (Å²) in [6.07, 6.45) is 3.62. The van der Waals surface area contributed by atoms with E-state index in [4.69, 9.17) is 5.73 Å². The van der Waals surface area contributed by atoms with Gasteiger partial charge in [-0.25, -0.2) is 4.98 Å². The molecule has 0 spiro atoms. The third-order valence-corrected chi connectivity index (χ3v) is 4.14. The molecule has 2 heterocycles. The highest BCUT2D eigenvalue weighted by molar-refractivity contribution is 7.17. The maximum Gasteiger partial charge on any atom is 0.263 e. The van der Waals surface area contributed by atoms with Gasteiger partial charge in [0.1, 0.15) is 4.88 Å². The molecule has 0 atom stereocenters. The van der Waals surface area contributed by atoms with Crippen LogP contribution in [0.4, 0.5) is 5.13 Å². The van der Waals surface area contributed by atoms with E-state index in [0.717, 1.165) is 18.7 Å². The number of amides is 1. The van der Waals surface area contributed by atoms with Crippen LogP contribution in [0.25, 0.3) is 0 Å². The summed E-state index contributed by atoms with van der Waals surface area (Å²) in [5.41, 5.74) is 6.29. The van der Waals surface area contributed by atoms with E-state index in [-0.39, 0.29) is 5.91 Å². The summed E-state index contributed by atoms with van der Waals surface area (Å²) >= 11 is 1.25. The molecule has 1 saturated heterocycles. The number of nitrogen functional groups attached to an aromatic ring is 1. The van der Waals surface area contributed by atoms with E-state index in [1.807, 2.05) is 6.92 Å². The second-order valence-corrected chi connectivity index (χ2v) is 5.66.